The van der Waals surface area contributed by atoms with Crippen molar-refractivity contribution < 1.29 is 37.1 Å². The summed E-state index contributed by atoms with van der Waals surface area (Å²) < 4.78 is 42.6. The van der Waals surface area contributed by atoms with Crippen molar-refractivity contribution in [1.29, 1.82) is 0 Å². The summed E-state index contributed by atoms with van der Waals surface area (Å²) in [7, 11) is 4.00. The number of halogens is 4. The average Bonchev–Trinajstić information content (AvgIpc) is 3.28. The second kappa shape index (κ2) is 12.8. The van der Waals surface area contributed by atoms with Gasteiger partial charge in [-0.1, -0.05) is 47.1 Å². The highest BCUT2D eigenvalue weighted by molar-refractivity contribution is 6.33. The van der Waals surface area contributed by atoms with Gasteiger partial charge in [-0.15, -0.1) is 0 Å². The van der Waals surface area contributed by atoms with Crippen LogP contribution in [0.1, 0.15) is 16.1 Å². The Morgan fingerprint density at radius 1 is 1.14 bits per heavy atom. The van der Waals surface area contributed by atoms with E-state index in [4.69, 9.17) is 30.8 Å². The highest BCUT2D eigenvalue weighted by Crippen LogP contribution is 2.27. The molecular formula is C23H23ClF3N3O5. The summed E-state index contributed by atoms with van der Waals surface area (Å²) in [6, 6.07) is 16.5. The minimum absolute atomic E-state index is 0.138. The van der Waals surface area contributed by atoms with Crippen molar-refractivity contribution in [3.05, 3.63) is 70.9 Å². The largest absolute Gasteiger partial charge is 0.492 e. The predicted octanol–water partition coefficient (Wildman–Crippen LogP) is 4.50. The molecule has 0 bridgehead atoms. The van der Waals surface area contributed by atoms with Gasteiger partial charge in [0, 0.05) is 24.7 Å². The molecule has 0 atom stereocenters. The van der Waals surface area contributed by atoms with Crippen LogP contribution in [0.15, 0.2) is 59.1 Å². The van der Waals surface area contributed by atoms with E-state index in [1.807, 2.05) is 56.6 Å². The molecule has 0 aliphatic rings. The van der Waals surface area contributed by atoms with E-state index in [1.54, 1.807) is 12.1 Å². The molecule has 0 fully saturated rings. The van der Waals surface area contributed by atoms with Gasteiger partial charge in [0.15, 0.2) is 0 Å². The van der Waals surface area contributed by atoms with Crippen LogP contribution in [0.3, 0.4) is 0 Å². The molecule has 35 heavy (non-hydrogen) atoms. The molecule has 3 rings (SSSR count). The number of likely N-dealkylation sites (N-methyl/N-ethyl adjacent to an activating group) is 1. The van der Waals surface area contributed by atoms with Crippen LogP contribution in [0.25, 0.3) is 11.3 Å². The summed E-state index contributed by atoms with van der Waals surface area (Å²) in [5.74, 6) is -2.15. The second-order valence-corrected chi connectivity index (χ2v) is 7.74. The third-order valence-corrected chi connectivity index (χ3v) is 4.64. The first kappa shape index (κ1) is 27.7. The number of carbonyl (C=O) groups excluding carboxylic acids is 1. The molecule has 1 heterocycles. The summed E-state index contributed by atoms with van der Waals surface area (Å²) >= 11 is 6.15. The number of hydrogen-bond acceptors (Lipinski definition) is 6. The Balaban J connectivity index is 0.000000540. The zero-order valence-electron chi connectivity index (χ0n) is 18.8. The van der Waals surface area contributed by atoms with Crippen molar-refractivity contribution in [2.45, 2.75) is 12.7 Å². The number of alkyl halides is 3. The fourth-order valence-electron chi connectivity index (χ4n) is 2.50. The molecule has 1 aromatic heterocycles. The molecule has 8 nitrogen and oxygen atoms in total. The smallest absolute Gasteiger partial charge is 0.490 e. The van der Waals surface area contributed by atoms with Crippen molar-refractivity contribution in [1.82, 2.24) is 15.4 Å². The third kappa shape index (κ3) is 9.30. The van der Waals surface area contributed by atoms with E-state index < -0.39 is 12.1 Å². The maximum atomic E-state index is 12.3. The van der Waals surface area contributed by atoms with Gasteiger partial charge in [0.05, 0.1) is 5.02 Å². The molecular weight excluding hydrogens is 491 g/mol. The Bertz CT molecular complexity index is 1120. The summed E-state index contributed by atoms with van der Waals surface area (Å²) in [4.78, 5) is 23.3. The van der Waals surface area contributed by atoms with Crippen LogP contribution >= 0.6 is 11.6 Å². The SMILES string of the molecule is CN(C)CCOc1ccc(CNC(=O)c2cc(-c3ccccc3Cl)no2)cc1.O=C(O)C(F)(F)F. The molecule has 12 heteroatoms. The Morgan fingerprint density at radius 2 is 1.77 bits per heavy atom. The number of benzene rings is 2. The van der Waals surface area contributed by atoms with E-state index in [9.17, 15) is 18.0 Å². The molecule has 0 spiro atoms. The Kier molecular flexibility index (Phi) is 10.1. The lowest BCUT2D eigenvalue weighted by Gasteiger charge is -2.11. The van der Waals surface area contributed by atoms with E-state index >= 15 is 0 Å². The van der Waals surface area contributed by atoms with E-state index in [1.165, 1.54) is 0 Å². The van der Waals surface area contributed by atoms with Crippen molar-refractivity contribution in [2.75, 3.05) is 27.2 Å². The number of nitrogens with zero attached hydrogens (tertiary/aromatic N) is 2. The zero-order chi connectivity index (χ0) is 26.0. The van der Waals surface area contributed by atoms with Gasteiger partial charge in [-0.3, -0.25) is 4.79 Å². The van der Waals surface area contributed by atoms with Crippen molar-refractivity contribution in [2.24, 2.45) is 0 Å². The van der Waals surface area contributed by atoms with Crippen molar-refractivity contribution in [3.63, 3.8) is 0 Å². The quantitative estimate of drug-likeness (QED) is 0.457. The van der Waals surface area contributed by atoms with E-state index in [0.717, 1.165) is 23.4 Å². The third-order valence-electron chi connectivity index (χ3n) is 4.31. The minimum atomic E-state index is -5.08. The normalized spacial score (nSPS) is 10.9. The fourth-order valence-corrected chi connectivity index (χ4v) is 2.73. The number of carboxylic acids is 1. The number of aromatic nitrogens is 1. The van der Waals surface area contributed by atoms with Crippen LogP contribution in [0.2, 0.25) is 5.02 Å². The zero-order valence-corrected chi connectivity index (χ0v) is 19.6. The Morgan fingerprint density at radius 3 is 2.34 bits per heavy atom. The van der Waals surface area contributed by atoms with Crippen LogP contribution in [-0.2, 0) is 11.3 Å². The number of ether oxygens (including phenoxy) is 1. The molecule has 2 aromatic carbocycles. The average molecular weight is 514 g/mol. The van der Waals surface area contributed by atoms with Crippen LogP contribution in [-0.4, -0.2) is 60.5 Å². The molecule has 0 saturated carbocycles. The topological polar surface area (TPSA) is 105 Å². The molecule has 188 valence electrons. The van der Waals surface area contributed by atoms with Gasteiger partial charge in [0.25, 0.3) is 5.91 Å². The van der Waals surface area contributed by atoms with Gasteiger partial charge < -0.3 is 24.6 Å². The molecule has 2 N–H and O–H groups in total. The molecule has 0 unspecified atom stereocenters. The number of carboxylic acid groups (broad SMARTS) is 1. The molecule has 1 amide bonds. The summed E-state index contributed by atoms with van der Waals surface area (Å²) in [5.41, 5.74) is 2.20. The first-order valence-corrected chi connectivity index (χ1v) is 10.5. The number of hydrogen-bond donors (Lipinski definition) is 2. The number of nitrogens with one attached hydrogen (secondary N) is 1. The lowest BCUT2D eigenvalue weighted by atomic mass is 10.1. The fraction of sp³-hybridized carbons (Fsp3) is 0.261. The number of carbonyl (C=O) groups is 2. The molecule has 0 aliphatic heterocycles. The summed E-state index contributed by atoms with van der Waals surface area (Å²) in [6.07, 6.45) is -5.08. The number of rotatable bonds is 8. The Labute approximate surface area is 204 Å². The maximum Gasteiger partial charge on any atom is 0.490 e. The maximum absolute atomic E-state index is 12.3. The van der Waals surface area contributed by atoms with Crippen molar-refractivity contribution >= 4 is 23.5 Å². The van der Waals surface area contributed by atoms with E-state index in [0.29, 0.717) is 23.9 Å². The van der Waals surface area contributed by atoms with Gasteiger partial charge in [-0.2, -0.15) is 13.2 Å². The molecule has 0 aliphatic carbocycles. The Hall–Kier alpha value is -3.57. The van der Waals surface area contributed by atoms with Crippen LogP contribution < -0.4 is 10.1 Å². The highest BCUT2D eigenvalue weighted by Gasteiger charge is 2.38. The summed E-state index contributed by atoms with van der Waals surface area (Å²) in [6.45, 7) is 1.85. The van der Waals surface area contributed by atoms with Gasteiger partial charge >= 0.3 is 12.1 Å². The molecule has 0 saturated heterocycles. The monoisotopic (exact) mass is 513 g/mol. The first-order valence-electron chi connectivity index (χ1n) is 10.1. The van der Waals surface area contributed by atoms with Gasteiger partial charge in [-0.25, -0.2) is 4.79 Å². The highest BCUT2D eigenvalue weighted by atomic mass is 35.5. The second-order valence-electron chi connectivity index (χ2n) is 7.34. The lowest BCUT2D eigenvalue weighted by Crippen LogP contribution is -2.22. The standard InChI is InChI=1S/C21H22ClN3O3.C2HF3O2/c1-25(2)11-12-27-16-9-7-15(8-10-16)14-23-21(26)20-13-19(24-28-20)17-5-3-4-6-18(17)22;3-2(4,5)1(6)7/h3-10,13H,11-12,14H2,1-2H3,(H,23,26);(H,6,7). The van der Waals surface area contributed by atoms with Crippen LogP contribution in [0.5, 0.6) is 5.75 Å². The van der Waals surface area contributed by atoms with Crippen LogP contribution in [0.4, 0.5) is 13.2 Å². The number of amides is 1. The molecule has 3 aromatic rings. The van der Waals surface area contributed by atoms with E-state index in [2.05, 4.69) is 15.4 Å². The van der Waals surface area contributed by atoms with Crippen molar-refractivity contribution in [3.8, 4) is 17.0 Å². The minimum Gasteiger partial charge on any atom is -0.492 e. The van der Waals surface area contributed by atoms with Gasteiger partial charge in [0.2, 0.25) is 5.76 Å². The van der Waals surface area contributed by atoms with Gasteiger partial charge in [-0.05, 0) is 37.9 Å². The number of aliphatic carboxylic acids is 1. The lowest BCUT2D eigenvalue weighted by molar-refractivity contribution is -0.192. The molecule has 0 radical (unpaired) electrons. The summed E-state index contributed by atoms with van der Waals surface area (Å²) in [5, 5.41) is 14.4. The predicted molar refractivity (Wildman–Crippen MR) is 122 cm³/mol. The van der Waals surface area contributed by atoms with Crippen LogP contribution in [0, 0.1) is 0 Å². The van der Waals surface area contributed by atoms with Gasteiger partial charge in [0.1, 0.15) is 18.1 Å². The van der Waals surface area contributed by atoms with E-state index in [-0.39, 0.29) is 11.7 Å². The first-order chi connectivity index (χ1) is 16.5.